The number of ketones is 1. The third kappa shape index (κ3) is 2.66. The smallest absolute Gasteiger partial charge is 0.240 e. The molecule has 2 amide bonds. The molecule has 1 saturated heterocycles. The van der Waals surface area contributed by atoms with Gasteiger partial charge in [0, 0.05) is 12.3 Å². The zero-order valence-corrected chi connectivity index (χ0v) is 9.20. The van der Waals surface area contributed by atoms with Gasteiger partial charge in [-0.3, -0.25) is 24.6 Å². The third-order valence-corrected chi connectivity index (χ3v) is 3.24. The Bertz CT molecular complexity index is 311. The average Bonchev–Trinajstić information content (AvgIpc) is 2.59. The summed E-state index contributed by atoms with van der Waals surface area (Å²) in [5, 5.41) is 2.26. The Labute approximate surface area is 94.2 Å². The molecule has 1 heterocycles. The van der Waals surface area contributed by atoms with Gasteiger partial charge in [0.05, 0.1) is 13.1 Å². The Kier molecular flexibility index (Phi) is 3.33. The summed E-state index contributed by atoms with van der Waals surface area (Å²) in [6.45, 7) is 1.20. The van der Waals surface area contributed by atoms with Crippen LogP contribution in [0.25, 0.3) is 0 Å². The molecule has 0 bridgehead atoms. The van der Waals surface area contributed by atoms with Crippen molar-refractivity contribution in [1.82, 2.24) is 10.2 Å². The second-order valence-electron chi connectivity index (χ2n) is 4.53. The number of Topliss-reactive ketones (excluding diaryl/α,β-unsaturated/α-hetero) is 1. The number of nitrogens with one attached hydrogen (secondary N) is 1. The van der Waals surface area contributed by atoms with Crippen molar-refractivity contribution in [3.8, 4) is 0 Å². The zero-order valence-electron chi connectivity index (χ0n) is 9.20. The van der Waals surface area contributed by atoms with E-state index in [1.54, 1.807) is 0 Å². The quantitative estimate of drug-likeness (QED) is 0.669. The van der Waals surface area contributed by atoms with E-state index in [0.29, 0.717) is 18.7 Å². The number of carbonyl (C=O) groups excluding carboxylic acids is 3. The van der Waals surface area contributed by atoms with Crippen LogP contribution in [0.15, 0.2) is 0 Å². The normalized spacial score (nSPS) is 27.2. The van der Waals surface area contributed by atoms with Crippen LogP contribution in [0.2, 0.25) is 0 Å². The fourth-order valence-electron chi connectivity index (χ4n) is 2.39. The van der Waals surface area contributed by atoms with Crippen molar-refractivity contribution in [3.63, 3.8) is 0 Å². The maximum absolute atomic E-state index is 11.4. The molecule has 5 nitrogen and oxygen atoms in total. The molecule has 0 aromatic carbocycles. The molecule has 1 unspecified atom stereocenters. The van der Waals surface area contributed by atoms with Gasteiger partial charge in [0.15, 0.2) is 0 Å². The predicted octanol–water partition coefficient (Wildman–Crippen LogP) is -0.296. The first-order valence-electron chi connectivity index (χ1n) is 5.73. The van der Waals surface area contributed by atoms with Gasteiger partial charge in [-0.2, -0.15) is 0 Å². The van der Waals surface area contributed by atoms with E-state index in [2.05, 4.69) is 5.32 Å². The lowest BCUT2D eigenvalue weighted by Crippen LogP contribution is -2.51. The van der Waals surface area contributed by atoms with E-state index in [9.17, 15) is 14.4 Å². The van der Waals surface area contributed by atoms with Crippen molar-refractivity contribution in [2.75, 3.05) is 19.6 Å². The summed E-state index contributed by atoms with van der Waals surface area (Å²) in [5.41, 5.74) is 0. The number of hydrogen-bond acceptors (Lipinski definition) is 4. The molecular formula is C11H16N2O3. The molecule has 2 rings (SSSR count). The minimum absolute atomic E-state index is 0.153. The Morgan fingerprint density at radius 1 is 1.19 bits per heavy atom. The summed E-state index contributed by atoms with van der Waals surface area (Å²) in [6.07, 6.45) is 3.43. The van der Waals surface area contributed by atoms with Crippen molar-refractivity contribution < 1.29 is 14.4 Å². The van der Waals surface area contributed by atoms with Crippen LogP contribution in [-0.4, -0.2) is 42.1 Å². The van der Waals surface area contributed by atoms with Crippen molar-refractivity contribution in [2.24, 2.45) is 5.92 Å². The van der Waals surface area contributed by atoms with Gasteiger partial charge in [0.25, 0.3) is 0 Å². The molecule has 1 atom stereocenters. The highest BCUT2D eigenvalue weighted by atomic mass is 16.2. The molecule has 0 aromatic heterocycles. The molecule has 1 N–H and O–H groups in total. The van der Waals surface area contributed by atoms with Gasteiger partial charge >= 0.3 is 0 Å². The lowest BCUT2D eigenvalue weighted by atomic mass is 10.0. The maximum Gasteiger partial charge on any atom is 0.240 e. The van der Waals surface area contributed by atoms with Gasteiger partial charge < -0.3 is 0 Å². The molecule has 2 fully saturated rings. The minimum atomic E-state index is -0.242. The van der Waals surface area contributed by atoms with Gasteiger partial charge in [-0.1, -0.05) is 0 Å². The second kappa shape index (κ2) is 4.74. The summed E-state index contributed by atoms with van der Waals surface area (Å²) in [4.78, 5) is 35.4. The van der Waals surface area contributed by atoms with Crippen LogP contribution in [-0.2, 0) is 14.4 Å². The van der Waals surface area contributed by atoms with Crippen molar-refractivity contribution >= 4 is 17.6 Å². The molecular weight excluding hydrogens is 208 g/mol. The van der Waals surface area contributed by atoms with Gasteiger partial charge in [0.1, 0.15) is 5.78 Å². The van der Waals surface area contributed by atoms with Crippen LogP contribution in [0.5, 0.6) is 0 Å². The van der Waals surface area contributed by atoms with E-state index in [1.165, 1.54) is 0 Å². The fourth-order valence-corrected chi connectivity index (χ4v) is 2.39. The number of hydrogen-bond donors (Lipinski definition) is 1. The second-order valence-corrected chi connectivity index (χ2v) is 4.53. The molecule has 16 heavy (non-hydrogen) atoms. The van der Waals surface area contributed by atoms with Crippen LogP contribution in [0.4, 0.5) is 0 Å². The molecule has 1 aliphatic heterocycles. The van der Waals surface area contributed by atoms with Gasteiger partial charge in [0.2, 0.25) is 11.8 Å². The standard InChI is InChI=1S/C11H16N2O3/c14-9-3-1-2-8(9)4-5-13-6-10(15)12-11(16)7-13/h8H,1-7H2,(H,12,15,16). The third-order valence-electron chi connectivity index (χ3n) is 3.24. The molecule has 1 aliphatic carbocycles. The van der Waals surface area contributed by atoms with Crippen LogP contribution >= 0.6 is 0 Å². The number of piperazine rings is 1. The van der Waals surface area contributed by atoms with Crippen LogP contribution in [0, 0.1) is 5.92 Å². The van der Waals surface area contributed by atoms with E-state index in [-0.39, 0.29) is 30.8 Å². The van der Waals surface area contributed by atoms with Crippen molar-refractivity contribution in [3.05, 3.63) is 0 Å². The van der Waals surface area contributed by atoms with E-state index < -0.39 is 0 Å². The summed E-state index contributed by atoms with van der Waals surface area (Å²) < 4.78 is 0. The fraction of sp³-hybridized carbons (Fsp3) is 0.727. The Balaban J connectivity index is 1.79. The molecule has 2 aliphatic rings. The summed E-state index contributed by atoms with van der Waals surface area (Å²) in [6, 6.07) is 0. The van der Waals surface area contributed by atoms with E-state index in [0.717, 1.165) is 19.3 Å². The molecule has 1 saturated carbocycles. The van der Waals surface area contributed by atoms with Gasteiger partial charge in [-0.25, -0.2) is 0 Å². The lowest BCUT2D eigenvalue weighted by Gasteiger charge is -2.25. The number of amides is 2. The lowest BCUT2D eigenvalue weighted by molar-refractivity contribution is -0.136. The predicted molar refractivity (Wildman–Crippen MR) is 56.6 cm³/mol. The Hall–Kier alpha value is -1.23. The zero-order chi connectivity index (χ0) is 11.5. The number of rotatable bonds is 3. The number of nitrogens with zero attached hydrogens (tertiary/aromatic N) is 1. The maximum atomic E-state index is 11.4. The Morgan fingerprint density at radius 3 is 2.44 bits per heavy atom. The topological polar surface area (TPSA) is 66.5 Å². The number of imide groups is 1. The summed E-state index contributed by atoms with van der Waals surface area (Å²) in [5.74, 6) is 0.0101. The molecule has 0 spiro atoms. The van der Waals surface area contributed by atoms with E-state index in [1.807, 2.05) is 4.90 Å². The largest absolute Gasteiger partial charge is 0.299 e. The first-order chi connectivity index (χ1) is 7.65. The number of carbonyl (C=O) groups is 3. The average molecular weight is 224 g/mol. The Morgan fingerprint density at radius 2 is 1.88 bits per heavy atom. The highest BCUT2D eigenvalue weighted by Crippen LogP contribution is 2.24. The van der Waals surface area contributed by atoms with Crippen molar-refractivity contribution in [2.45, 2.75) is 25.7 Å². The summed E-state index contributed by atoms with van der Waals surface area (Å²) >= 11 is 0. The van der Waals surface area contributed by atoms with E-state index >= 15 is 0 Å². The molecule has 0 aromatic rings. The van der Waals surface area contributed by atoms with Crippen molar-refractivity contribution in [1.29, 1.82) is 0 Å². The van der Waals surface area contributed by atoms with Gasteiger partial charge in [-0.15, -0.1) is 0 Å². The first kappa shape index (κ1) is 11.3. The van der Waals surface area contributed by atoms with Crippen LogP contribution < -0.4 is 5.32 Å². The SMILES string of the molecule is O=C1CN(CCC2CCCC2=O)CC(=O)N1. The van der Waals surface area contributed by atoms with Gasteiger partial charge in [-0.05, 0) is 25.8 Å². The monoisotopic (exact) mass is 224 g/mol. The summed E-state index contributed by atoms with van der Waals surface area (Å²) in [7, 11) is 0. The molecule has 5 heteroatoms. The first-order valence-corrected chi connectivity index (χ1v) is 5.73. The minimum Gasteiger partial charge on any atom is -0.299 e. The van der Waals surface area contributed by atoms with Crippen LogP contribution in [0.3, 0.4) is 0 Å². The highest BCUT2D eigenvalue weighted by molar-refractivity contribution is 5.99. The highest BCUT2D eigenvalue weighted by Gasteiger charge is 2.27. The molecule has 0 radical (unpaired) electrons. The van der Waals surface area contributed by atoms with E-state index in [4.69, 9.17) is 0 Å². The molecule has 88 valence electrons. The van der Waals surface area contributed by atoms with Crippen LogP contribution in [0.1, 0.15) is 25.7 Å².